The highest BCUT2D eigenvalue weighted by molar-refractivity contribution is 5.30. The summed E-state index contributed by atoms with van der Waals surface area (Å²) in [5, 5.41) is 9.68. The molecule has 0 saturated carbocycles. The van der Waals surface area contributed by atoms with Crippen molar-refractivity contribution in [1.29, 1.82) is 0 Å². The fraction of sp³-hybridized carbons (Fsp3) is 0.538. The smallest absolute Gasteiger partial charge is 0.293 e. The van der Waals surface area contributed by atoms with Crippen molar-refractivity contribution in [3.05, 3.63) is 34.9 Å². The molecule has 2 aromatic heterocycles. The first-order valence-corrected chi connectivity index (χ1v) is 6.80. The molecule has 0 fully saturated rings. The maximum Gasteiger partial charge on any atom is 0.293 e. The number of aromatic nitrogens is 5. The van der Waals surface area contributed by atoms with Crippen LogP contribution in [0.15, 0.2) is 23.5 Å². The fourth-order valence-electron chi connectivity index (χ4n) is 1.92. The van der Waals surface area contributed by atoms with Crippen molar-refractivity contribution in [2.24, 2.45) is 5.92 Å². The second-order valence-electron chi connectivity index (χ2n) is 5.09. The zero-order valence-corrected chi connectivity index (χ0v) is 11.8. The Labute approximate surface area is 117 Å². The van der Waals surface area contributed by atoms with Crippen molar-refractivity contribution in [2.45, 2.75) is 33.2 Å². The summed E-state index contributed by atoms with van der Waals surface area (Å²) in [6.45, 7) is 5.54. The van der Waals surface area contributed by atoms with Crippen LogP contribution in [-0.4, -0.2) is 31.3 Å². The molecule has 2 heterocycles. The van der Waals surface area contributed by atoms with Crippen LogP contribution in [0.1, 0.15) is 26.1 Å². The van der Waals surface area contributed by atoms with Crippen LogP contribution in [0.4, 0.5) is 5.82 Å². The van der Waals surface area contributed by atoms with E-state index in [0.717, 1.165) is 18.7 Å². The van der Waals surface area contributed by atoms with Crippen molar-refractivity contribution in [3.8, 4) is 0 Å². The largest absolute Gasteiger partial charge is 0.365 e. The number of nitrogens with one attached hydrogen (secondary N) is 2. The summed E-state index contributed by atoms with van der Waals surface area (Å²) in [7, 11) is 0. The summed E-state index contributed by atoms with van der Waals surface area (Å²) >= 11 is 0. The van der Waals surface area contributed by atoms with Crippen LogP contribution in [0.5, 0.6) is 0 Å². The van der Waals surface area contributed by atoms with Crippen molar-refractivity contribution in [2.75, 3.05) is 11.9 Å². The van der Waals surface area contributed by atoms with Gasteiger partial charge in [0, 0.05) is 31.9 Å². The number of hydrogen-bond donors (Lipinski definition) is 2. The van der Waals surface area contributed by atoms with Crippen molar-refractivity contribution in [1.82, 2.24) is 24.7 Å². The molecule has 0 saturated heterocycles. The van der Waals surface area contributed by atoms with Crippen LogP contribution < -0.4 is 10.9 Å². The van der Waals surface area contributed by atoms with Crippen LogP contribution in [0.2, 0.25) is 0 Å². The van der Waals surface area contributed by atoms with E-state index in [2.05, 4.69) is 39.3 Å². The minimum atomic E-state index is -0.0686. The Kier molecular flexibility index (Phi) is 4.86. The molecule has 0 unspecified atom stereocenters. The Balaban J connectivity index is 1.88. The number of nitrogens with zero attached hydrogens (tertiary/aromatic N) is 4. The van der Waals surface area contributed by atoms with Gasteiger partial charge in [-0.25, -0.2) is 9.97 Å². The molecule has 0 atom stereocenters. The van der Waals surface area contributed by atoms with Crippen LogP contribution >= 0.6 is 0 Å². The standard InChI is InChI=1S/C13H20N6O/c1-10(2)8-19-7-6-15-12(13(19)20)14-5-3-4-11-16-9-17-18-11/h6-7,9-10H,3-5,8H2,1-2H3,(H,14,15)(H,16,17,18). The average Bonchev–Trinajstić information content (AvgIpc) is 2.91. The number of rotatable bonds is 7. The molecule has 2 aromatic rings. The van der Waals surface area contributed by atoms with Crippen LogP contribution in [0.25, 0.3) is 0 Å². The molecule has 0 amide bonds. The van der Waals surface area contributed by atoms with Crippen molar-refractivity contribution in [3.63, 3.8) is 0 Å². The van der Waals surface area contributed by atoms with Gasteiger partial charge >= 0.3 is 0 Å². The van der Waals surface area contributed by atoms with Gasteiger partial charge in [0.15, 0.2) is 5.82 Å². The summed E-state index contributed by atoms with van der Waals surface area (Å²) < 4.78 is 1.69. The predicted octanol–water partition coefficient (Wildman–Crippen LogP) is 1.06. The Morgan fingerprint density at radius 3 is 2.95 bits per heavy atom. The minimum Gasteiger partial charge on any atom is -0.365 e. The molecule has 0 aliphatic rings. The molecule has 0 aliphatic heterocycles. The van der Waals surface area contributed by atoms with E-state index in [-0.39, 0.29) is 5.56 Å². The highest BCUT2D eigenvalue weighted by atomic mass is 16.1. The quantitative estimate of drug-likeness (QED) is 0.738. The molecule has 2 rings (SSSR count). The Bertz CT molecular complexity index is 575. The molecule has 0 aromatic carbocycles. The second-order valence-corrected chi connectivity index (χ2v) is 5.09. The number of anilines is 1. The Morgan fingerprint density at radius 2 is 2.25 bits per heavy atom. The first kappa shape index (κ1) is 14.2. The van der Waals surface area contributed by atoms with Crippen molar-refractivity contribution >= 4 is 5.82 Å². The SMILES string of the molecule is CC(C)Cn1ccnc(NCCCc2ncn[nH]2)c1=O. The number of aryl methyl sites for hydroxylation is 1. The van der Waals surface area contributed by atoms with E-state index in [1.54, 1.807) is 17.0 Å². The van der Waals surface area contributed by atoms with E-state index in [4.69, 9.17) is 0 Å². The molecule has 7 nitrogen and oxygen atoms in total. The third kappa shape index (κ3) is 3.91. The fourth-order valence-corrected chi connectivity index (χ4v) is 1.92. The third-order valence-electron chi connectivity index (χ3n) is 2.82. The minimum absolute atomic E-state index is 0.0686. The molecule has 0 aliphatic carbocycles. The topological polar surface area (TPSA) is 88.5 Å². The molecular formula is C13H20N6O. The van der Waals surface area contributed by atoms with Gasteiger partial charge in [0.05, 0.1) is 0 Å². The van der Waals surface area contributed by atoms with Gasteiger partial charge in [-0.2, -0.15) is 5.10 Å². The van der Waals surface area contributed by atoms with Gasteiger partial charge in [0.1, 0.15) is 12.2 Å². The average molecular weight is 276 g/mol. The molecule has 2 N–H and O–H groups in total. The maximum atomic E-state index is 12.1. The van der Waals surface area contributed by atoms with E-state index in [1.807, 2.05) is 0 Å². The van der Waals surface area contributed by atoms with Crippen LogP contribution in [0.3, 0.4) is 0 Å². The molecular weight excluding hydrogens is 256 g/mol. The lowest BCUT2D eigenvalue weighted by Crippen LogP contribution is -2.26. The number of aromatic amines is 1. The molecule has 0 spiro atoms. The summed E-state index contributed by atoms with van der Waals surface area (Å²) in [5.41, 5.74) is -0.0686. The van der Waals surface area contributed by atoms with E-state index < -0.39 is 0 Å². The lowest BCUT2D eigenvalue weighted by Gasteiger charge is -2.10. The van der Waals surface area contributed by atoms with E-state index >= 15 is 0 Å². The zero-order valence-electron chi connectivity index (χ0n) is 11.8. The van der Waals surface area contributed by atoms with E-state index in [0.29, 0.717) is 24.8 Å². The first-order valence-electron chi connectivity index (χ1n) is 6.80. The zero-order chi connectivity index (χ0) is 14.4. The van der Waals surface area contributed by atoms with Crippen LogP contribution in [0, 0.1) is 5.92 Å². The van der Waals surface area contributed by atoms with Gasteiger partial charge in [-0.3, -0.25) is 9.89 Å². The predicted molar refractivity (Wildman–Crippen MR) is 76.5 cm³/mol. The summed E-state index contributed by atoms with van der Waals surface area (Å²) in [4.78, 5) is 20.3. The Morgan fingerprint density at radius 1 is 1.40 bits per heavy atom. The monoisotopic (exact) mass is 276 g/mol. The normalized spacial score (nSPS) is 10.9. The third-order valence-corrected chi connectivity index (χ3v) is 2.82. The highest BCUT2D eigenvalue weighted by Gasteiger charge is 2.05. The van der Waals surface area contributed by atoms with Gasteiger partial charge in [0.2, 0.25) is 0 Å². The van der Waals surface area contributed by atoms with Gasteiger partial charge < -0.3 is 9.88 Å². The van der Waals surface area contributed by atoms with Gasteiger partial charge in [0.25, 0.3) is 5.56 Å². The second kappa shape index (κ2) is 6.83. The highest BCUT2D eigenvalue weighted by Crippen LogP contribution is 1.99. The van der Waals surface area contributed by atoms with Gasteiger partial charge in [-0.05, 0) is 12.3 Å². The van der Waals surface area contributed by atoms with Gasteiger partial charge in [-0.1, -0.05) is 13.8 Å². The lowest BCUT2D eigenvalue weighted by atomic mass is 10.2. The maximum absolute atomic E-state index is 12.1. The summed E-state index contributed by atoms with van der Waals surface area (Å²) in [6.07, 6.45) is 6.52. The summed E-state index contributed by atoms with van der Waals surface area (Å²) in [5.74, 6) is 1.69. The van der Waals surface area contributed by atoms with E-state index in [1.165, 1.54) is 6.33 Å². The van der Waals surface area contributed by atoms with Gasteiger partial charge in [-0.15, -0.1) is 0 Å². The van der Waals surface area contributed by atoms with Crippen LogP contribution in [-0.2, 0) is 13.0 Å². The molecule has 108 valence electrons. The number of hydrogen-bond acceptors (Lipinski definition) is 5. The molecule has 7 heteroatoms. The Hall–Kier alpha value is -2.18. The first-order chi connectivity index (χ1) is 9.66. The molecule has 20 heavy (non-hydrogen) atoms. The van der Waals surface area contributed by atoms with E-state index in [9.17, 15) is 4.79 Å². The lowest BCUT2D eigenvalue weighted by molar-refractivity contribution is 0.509. The van der Waals surface area contributed by atoms with Crippen molar-refractivity contribution < 1.29 is 0 Å². The molecule has 0 bridgehead atoms. The summed E-state index contributed by atoms with van der Waals surface area (Å²) in [6, 6.07) is 0. The molecule has 0 radical (unpaired) electrons. The number of H-pyrrole nitrogens is 1.